The molecule has 2 aromatic carbocycles. The van der Waals surface area contributed by atoms with E-state index in [4.69, 9.17) is 4.74 Å². The minimum Gasteiger partial charge on any atom is -0.497 e. The number of benzene rings is 2. The zero-order chi connectivity index (χ0) is 21.8. The molecule has 0 aromatic heterocycles. The normalized spacial score (nSPS) is 30.5. The third kappa shape index (κ3) is 3.18. The van der Waals surface area contributed by atoms with Crippen LogP contribution in [0.5, 0.6) is 5.75 Å². The summed E-state index contributed by atoms with van der Waals surface area (Å²) in [5, 5.41) is 10.9. The zero-order valence-electron chi connectivity index (χ0n) is 18.0. The standard InChI is InChI=1S/C26H27NO4/c1-26-12-11-22-21-10-8-20(31-2)14-17(21)5-9-23(22)24(26)15-18(25(26)28)13-16-3-6-19(7-4-16)27(29)30/h3-4,6-8,10,13-14,22-24H,5,9,11-12,15H2,1-2H3/b18-13+/t22-,23-,24+,26+/m1/s1. The van der Waals surface area contributed by atoms with Crippen molar-refractivity contribution in [3.63, 3.8) is 0 Å². The Morgan fingerprint density at radius 3 is 2.65 bits per heavy atom. The first-order valence-electron chi connectivity index (χ1n) is 11.1. The summed E-state index contributed by atoms with van der Waals surface area (Å²) in [5.74, 6) is 2.58. The SMILES string of the molecule is COc1ccc2c(c1)CC[C@@H]1[C@@H]2CC[C@]2(C)C(=O)/C(=C/c3ccc([N+](=O)[O-])cc3)C[C@@H]12. The van der Waals surface area contributed by atoms with Crippen molar-refractivity contribution in [1.82, 2.24) is 0 Å². The predicted molar refractivity (Wildman–Crippen MR) is 119 cm³/mol. The highest BCUT2D eigenvalue weighted by Crippen LogP contribution is 2.60. The monoisotopic (exact) mass is 417 g/mol. The number of hydrogen-bond acceptors (Lipinski definition) is 4. The molecule has 4 atom stereocenters. The number of rotatable bonds is 3. The Balaban J connectivity index is 1.44. The third-order valence-electron chi connectivity index (χ3n) is 8.02. The number of ether oxygens (including phenoxy) is 1. The number of allylic oxidation sites excluding steroid dienone is 1. The van der Waals surface area contributed by atoms with Gasteiger partial charge < -0.3 is 4.74 Å². The minimum atomic E-state index is -0.399. The summed E-state index contributed by atoms with van der Waals surface area (Å²) < 4.78 is 5.42. The van der Waals surface area contributed by atoms with E-state index in [1.165, 1.54) is 23.3 Å². The van der Waals surface area contributed by atoms with Gasteiger partial charge in [0.15, 0.2) is 5.78 Å². The van der Waals surface area contributed by atoms with Gasteiger partial charge in [-0.25, -0.2) is 0 Å². The second-order valence-corrected chi connectivity index (χ2v) is 9.49. The van der Waals surface area contributed by atoms with Gasteiger partial charge in [-0.2, -0.15) is 0 Å². The fourth-order valence-corrected chi connectivity index (χ4v) is 6.38. The molecular formula is C26H27NO4. The second kappa shape index (κ2) is 7.33. The van der Waals surface area contributed by atoms with Gasteiger partial charge in [0, 0.05) is 17.5 Å². The van der Waals surface area contributed by atoms with E-state index in [2.05, 4.69) is 25.1 Å². The molecule has 0 aliphatic heterocycles. The zero-order valence-corrected chi connectivity index (χ0v) is 18.0. The van der Waals surface area contributed by atoms with Crippen LogP contribution in [0.4, 0.5) is 5.69 Å². The third-order valence-corrected chi connectivity index (χ3v) is 8.02. The van der Waals surface area contributed by atoms with E-state index >= 15 is 0 Å². The molecule has 0 unspecified atom stereocenters. The van der Waals surface area contributed by atoms with Gasteiger partial charge in [-0.3, -0.25) is 14.9 Å². The van der Waals surface area contributed by atoms with Crippen LogP contribution in [0.1, 0.15) is 55.2 Å². The molecular weight excluding hydrogens is 390 g/mol. The Kier molecular flexibility index (Phi) is 4.72. The van der Waals surface area contributed by atoms with E-state index < -0.39 is 4.92 Å². The van der Waals surface area contributed by atoms with Crippen LogP contribution in [0.15, 0.2) is 48.0 Å². The van der Waals surface area contributed by atoms with Gasteiger partial charge in [-0.1, -0.05) is 13.0 Å². The molecule has 2 fully saturated rings. The summed E-state index contributed by atoms with van der Waals surface area (Å²) >= 11 is 0. The van der Waals surface area contributed by atoms with Crippen molar-refractivity contribution >= 4 is 17.5 Å². The summed E-state index contributed by atoms with van der Waals surface area (Å²) in [6, 6.07) is 12.9. The molecule has 160 valence electrons. The Hall–Kier alpha value is -2.95. The van der Waals surface area contributed by atoms with E-state index in [0.29, 0.717) is 17.8 Å². The first-order chi connectivity index (χ1) is 14.9. The molecule has 5 heteroatoms. The van der Waals surface area contributed by atoms with Crippen LogP contribution in [0.3, 0.4) is 0 Å². The summed E-state index contributed by atoms with van der Waals surface area (Å²) in [4.78, 5) is 24.0. The number of carbonyl (C=O) groups excluding carboxylic acids is 1. The van der Waals surface area contributed by atoms with Crippen LogP contribution in [0.2, 0.25) is 0 Å². The molecule has 5 rings (SSSR count). The van der Waals surface area contributed by atoms with Crippen LogP contribution in [-0.2, 0) is 11.2 Å². The maximum absolute atomic E-state index is 13.5. The summed E-state index contributed by atoms with van der Waals surface area (Å²) in [5.41, 5.74) is 4.35. The highest BCUT2D eigenvalue weighted by atomic mass is 16.6. The fraction of sp³-hybridized carbons (Fsp3) is 0.423. The van der Waals surface area contributed by atoms with Gasteiger partial charge in [0.25, 0.3) is 5.69 Å². The number of nitro groups is 1. The Labute approximate surface area is 182 Å². The maximum atomic E-state index is 13.5. The van der Waals surface area contributed by atoms with Crippen molar-refractivity contribution in [2.45, 2.75) is 44.9 Å². The topological polar surface area (TPSA) is 69.4 Å². The van der Waals surface area contributed by atoms with E-state index in [1.807, 2.05) is 6.08 Å². The lowest BCUT2D eigenvalue weighted by molar-refractivity contribution is -0.384. The van der Waals surface area contributed by atoms with E-state index in [-0.39, 0.29) is 16.9 Å². The Morgan fingerprint density at radius 2 is 1.94 bits per heavy atom. The van der Waals surface area contributed by atoms with Crippen LogP contribution < -0.4 is 4.74 Å². The van der Waals surface area contributed by atoms with Gasteiger partial charge in [0.2, 0.25) is 0 Å². The summed E-state index contributed by atoms with van der Waals surface area (Å²) in [7, 11) is 1.71. The number of non-ortho nitro benzene ring substituents is 1. The highest BCUT2D eigenvalue weighted by Gasteiger charge is 2.56. The minimum absolute atomic E-state index is 0.0703. The molecule has 3 aliphatic carbocycles. The fourth-order valence-electron chi connectivity index (χ4n) is 6.38. The number of Topliss-reactive ketones (excluding diaryl/α,β-unsaturated/α-hetero) is 1. The number of carbonyl (C=O) groups is 1. The molecule has 0 bridgehead atoms. The number of fused-ring (bicyclic) bond motifs is 5. The molecule has 31 heavy (non-hydrogen) atoms. The molecule has 0 amide bonds. The highest BCUT2D eigenvalue weighted by molar-refractivity contribution is 6.06. The quantitative estimate of drug-likeness (QED) is 0.364. The van der Waals surface area contributed by atoms with Crippen molar-refractivity contribution in [3.8, 4) is 5.75 Å². The smallest absolute Gasteiger partial charge is 0.269 e. The molecule has 3 aliphatic rings. The van der Waals surface area contributed by atoms with Crippen LogP contribution in [0, 0.1) is 27.4 Å². The van der Waals surface area contributed by atoms with Gasteiger partial charge >= 0.3 is 0 Å². The first kappa shape index (κ1) is 20.0. The number of nitro benzene ring substituents is 1. The molecule has 0 N–H and O–H groups in total. The van der Waals surface area contributed by atoms with Gasteiger partial charge in [-0.05, 0) is 102 Å². The van der Waals surface area contributed by atoms with E-state index in [9.17, 15) is 14.9 Å². The largest absolute Gasteiger partial charge is 0.497 e. The molecule has 0 heterocycles. The van der Waals surface area contributed by atoms with Crippen molar-refractivity contribution in [2.75, 3.05) is 7.11 Å². The Morgan fingerprint density at radius 1 is 1.16 bits per heavy atom. The van der Waals surface area contributed by atoms with E-state index in [0.717, 1.165) is 49.0 Å². The second-order valence-electron chi connectivity index (χ2n) is 9.49. The first-order valence-corrected chi connectivity index (χ1v) is 11.1. The molecule has 0 spiro atoms. The lowest BCUT2D eigenvalue weighted by Crippen LogP contribution is -2.42. The van der Waals surface area contributed by atoms with Crippen molar-refractivity contribution in [2.24, 2.45) is 17.3 Å². The van der Waals surface area contributed by atoms with Crippen molar-refractivity contribution in [1.29, 1.82) is 0 Å². The van der Waals surface area contributed by atoms with Crippen molar-refractivity contribution in [3.05, 3.63) is 74.8 Å². The maximum Gasteiger partial charge on any atom is 0.269 e. The predicted octanol–water partition coefficient (Wildman–Crippen LogP) is 5.72. The summed E-state index contributed by atoms with van der Waals surface area (Å²) in [6.45, 7) is 2.16. The number of nitrogens with zero attached hydrogens (tertiary/aromatic N) is 1. The average Bonchev–Trinajstić information content (AvgIpc) is 3.04. The van der Waals surface area contributed by atoms with Crippen molar-refractivity contribution < 1.29 is 14.5 Å². The molecule has 5 nitrogen and oxygen atoms in total. The number of methoxy groups -OCH3 is 1. The van der Waals surface area contributed by atoms with Crippen LogP contribution in [-0.4, -0.2) is 17.8 Å². The van der Waals surface area contributed by atoms with Crippen LogP contribution in [0.25, 0.3) is 6.08 Å². The van der Waals surface area contributed by atoms with Gasteiger partial charge in [-0.15, -0.1) is 0 Å². The molecule has 2 saturated carbocycles. The summed E-state index contributed by atoms with van der Waals surface area (Å²) in [6.07, 6.45) is 6.87. The number of ketones is 1. The average molecular weight is 418 g/mol. The van der Waals surface area contributed by atoms with Gasteiger partial charge in [0.1, 0.15) is 5.75 Å². The van der Waals surface area contributed by atoms with Gasteiger partial charge in [0.05, 0.1) is 12.0 Å². The molecule has 0 radical (unpaired) electrons. The number of hydrogen-bond donors (Lipinski definition) is 0. The lowest BCUT2D eigenvalue weighted by Gasteiger charge is -2.48. The van der Waals surface area contributed by atoms with Crippen LogP contribution >= 0.6 is 0 Å². The lowest BCUT2D eigenvalue weighted by atomic mass is 9.55. The number of aryl methyl sites for hydroxylation is 1. The Bertz CT molecular complexity index is 1090. The van der Waals surface area contributed by atoms with E-state index in [1.54, 1.807) is 19.2 Å². The molecule has 2 aromatic rings. The molecule has 0 saturated heterocycles.